The molecule has 35 heavy (non-hydrogen) atoms. The van der Waals surface area contributed by atoms with Crippen LogP contribution < -0.4 is 10.8 Å². The minimum absolute atomic E-state index is 0.00108. The summed E-state index contributed by atoms with van der Waals surface area (Å²) in [6, 6.07) is 13.1. The third kappa shape index (κ3) is 6.01. The molecule has 0 saturated carbocycles. The van der Waals surface area contributed by atoms with Crippen molar-refractivity contribution in [2.75, 3.05) is 26.9 Å². The number of nitrogens with zero attached hydrogens (tertiary/aromatic N) is 2. The van der Waals surface area contributed by atoms with Crippen molar-refractivity contribution >= 4 is 39.6 Å². The number of nitrogens with one attached hydrogen (secondary N) is 1. The Bertz CT molecular complexity index is 1090. The van der Waals surface area contributed by atoms with Crippen LogP contribution in [-0.4, -0.2) is 76.0 Å². The van der Waals surface area contributed by atoms with Crippen LogP contribution in [-0.2, 0) is 26.4 Å². The molecule has 0 saturated heterocycles. The predicted molar refractivity (Wildman–Crippen MR) is 140 cm³/mol. The maximum atomic E-state index is 13.9. The van der Waals surface area contributed by atoms with E-state index in [1.165, 1.54) is 12.1 Å². The largest absolute Gasteiger partial charge is 0.508 e. The molecule has 1 heterocycles. The summed E-state index contributed by atoms with van der Waals surface area (Å²) in [4.78, 5) is 41.7. The normalized spacial score (nSPS) is 15.0. The monoisotopic (exact) mass is 495 g/mol. The number of benzene rings is 2. The summed E-state index contributed by atoms with van der Waals surface area (Å²) in [7, 11) is 2.27. The van der Waals surface area contributed by atoms with Crippen molar-refractivity contribution in [3.05, 3.63) is 59.2 Å². The van der Waals surface area contributed by atoms with Gasteiger partial charge in [0.05, 0.1) is 6.54 Å². The Hall–Kier alpha value is -2.95. The van der Waals surface area contributed by atoms with Crippen LogP contribution in [0.15, 0.2) is 42.5 Å². The molecule has 2 N–H and O–H groups in total. The Morgan fingerprint density at radius 3 is 2.54 bits per heavy atom. The fraction of sp³-hybridized carbons (Fsp3) is 0.400. The van der Waals surface area contributed by atoms with Crippen molar-refractivity contribution in [3.63, 3.8) is 0 Å². The molecule has 2 aromatic carbocycles. The molecule has 3 amide bonds. The van der Waals surface area contributed by atoms with Gasteiger partial charge in [-0.05, 0) is 36.4 Å². The van der Waals surface area contributed by atoms with E-state index in [2.05, 4.69) is 25.0 Å². The van der Waals surface area contributed by atoms with Gasteiger partial charge in [-0.2, -0.15) is 0 Å². The summed E-state index contributed by atoms with van der Waals surface area (Å²) in [6.45, 7) is 7.29. The Balaban J connectivity index is 1.91. The highest BCUT2D eigenvalue weighted by Crippen LogP contribution is 2.31. The number of likely N-dealkylation sites (N-methyl/N-ethyl adjacent to an activating group) is 1. The molecule has 0 aliphatic carbocycles. The highest BCUT2D eigenvalue weighted by molar-refractivity contribution is 6.76. The number of carbonyl (C=O) groups is 3. The lowest BCUT2D eigenvalue weighted by atomic mass is 9.85. The van der Waals surface area contributed by atoms with Gasteiger partial charge in [0.2, 0.25) is 6.41 Å². The third-order valence-corrected chi connectivity index (χ3v) is 8.06. The first-order chi connectivity index (χ1) is 16.5. The first-order valence-electron chi connectivity index (χ1n) is 11.7. The van der Waals surface area contributed by atoms with Crippen molar-refractivity contribution in [2.45, 2.75) is 37.8 Å². The number of rotatable bonds is 11. The van der Waals surface area contributed by atoms with E-state index in [4.69, 9.17) is 4.74 Å². The summed E-state index contributed by atoms with van der Waals surface area (Å²) in [5.74, 6) is -0.769. The lowest BCUT2D eigenvalue weighted by molar-refractivity contribution is -0.150. The van der Waals surface area contributed by atoms with Crippen molar-refractivity contribution in [1.82, 2.24) is 15.1 Å². The molecule has 1 atom stereocenters. The number of amides is 3. The molecule has 10 heteroatoms. The molecular weight excluding hydrogens is 461 g/mol. The van der Waals surface area contributed by atoms with Crippen molar-refractivity contribution in [1.29, 1.82) is 0 Å². The Labute approximate surface area is 208 Å². The number of aromatic hydroxyl groups is 1. The Morgan fingerprint density at radius 1 is 1.26 bits per heavy atom. The first-order valence-corrected chi connectivity index (χ1v) is 15.4. The third-order valence-electron chi connectivity index (χ3n) is 6.35. The van der Waals surface area contributed by atoms with Gasteiger partial charge in [-0.15, -0.1) is 0 Å². The summed E-state index contributed by atoms with van der Waals surface area (Å²) in [5.41, 5.74) is 1.46. The van der Waals surface area contributed by atoms with E-state index in [1.54, 1.807) is 18.0 Å². The van der Waals surface area contributed by atoms with Crippen LogP contribution in [0.3, 0.4) is 0 Å². The quantitative estimate of drug-likeness (QED) is 0.209. The van der Waals surface area contributed by atoms with Crippen LogP contribution in [0.4, 0.5) is 0 Å². The Morgan fingerprint density at radius 2 is 1.94 bits per heavy atom. The molecule has 1 aliphatic heterocycles. The molecular formula is C25H34BN3O5Si. The fourth-order valence-corrected chi connectivity index (χ4v) is 4.89. The number of hydrogen-bond donors (Lipinski definition) is 2. The van der Waals surface area contributed by atoms with Crippen molar-refractivity contribution in [2.24, 2.45) is 0 Å². The molecule has 0 bridgehead atoms. The number of phenolic OH excluding ortho intramolecular Hbond substituents is 1. The van der Waals surface area contributed by atoms with Crippen molar-refractivity contribution in [3.8, 4) is 5.75 Å². The zero-order valence-corrected chi connectivity index (χ0v) is 22.1. The number of hydrogen-bond acceptors (Lipinski definition) is 6. The minimum atomic E-state index is -1.38. The molecule has 0 fully saturated rings. The van der Waals surface area contributed by atoms with Crippen molar-refractivity contribution < 1.29 is 24.2 Å². The first kappa shape index (κ1) is 26.7. The van der Waals surface area contributed by atoms with E-state index in [9.17, 15) is 19.5 Å². The molecule has 2 aromatic rings. The second-order valence-corrected chi connectivity index (χ2v) is 15.9. The zero-order chi connectivity index (χ0) is 25.8. The van der Waals surface area contributed by atoms with Gasteiger partial charge in [0.1, 0.15) is 25.9 Å². The van der Waals surface area contributed by atoms with Crippen LogP contribution in [0.1, 0.15) is 21.5 Å². The number of phenols is 1. The predicted octanol–water partition coefficient (Wildman–Crippen LogP) is 1.02. The summed E-state index contributed by atoms with van der Waals surface area (Å²) < 4.78 is 5.71. The van der Waals surface area contributed by atoms with Crippen LogP contribution in [0.5, 0.6) is 5.75 Å². The standard InChI is InChI=1S/C25H34BN3O5Si/c1-27-25(19-6-8-20(26)9-7-19,24(33)29(16-30)17-34-11-12-35(2,3)4)15-28-14-18-5-10-21(31)13-22(18)23(28)32/h5-10,13,16,27,31H,11-12,14-15,17,26H2,1-4H3/t25-/m0/s1. The van der Waals surface area contributed by atoms with Crippen LogP contribution in [0.2, 0.25) is 25.7 Å². The summed E-state index contributed by atoms with van der Waals surface area (Å²) in [6.07, 6.45) is 0.482. The number of imide groups is 1. The number of ether oxygens (including phenoxy) is 1. The molecule has 0 spiro atoms. The van der Waals surface area contributed by atoms with Crippen LogP contribution in [0, 0.1) is 0 Å². The molecule has 186 valence electrons. The SMILES string of the molecule is Bc1ccc([C@](CN2Cc3ccc(O)cc3C2=O)(NC)C(=O)N(C=O)COCC[Si](C)(C)C)cc1. The molecule has 0 aromatic heterocycles. The highest BCUT2D eigenvalue weighted by atomic mass is 28.3. The average molecular weight is 495 g/mol. The summed E-state index contributed by atoms with van der Waals surface area (Å²) >= 11 is 0. The van der Waals surface area contributed by atoms with E-state index in [1.807, 2.05) is 32.1 Å². The van der Waals surface area contributed by atoms with Gasteiger partial charge in [0.15, 0.2) is 0 Å². The molecule has 0 radical (unpaired) electrons. The van der Waals surface area contributed by atoms with E-state index in [0.717, 1.165) is 22.0 Å². The van der Waals surface area contributed by atoms with Gasteiger partial charge in [-0.1, -0.05) is 55.4 Å². The molecule has 0 unspecified atom stereocenters. The number of fused-ring (bicyclic) bond motifs is 1. The summed E-state index contributed by atoms with van der Waals surface area (Å²) in [5, 5.41) is 13.0. The van der Waals surface area contributed by atoms with Crippen LogP contribution >= 0.6 is 0 Å². The van der Waals surface area contributed by atoms with Gasteiger partial charge in [0.25, 0.3) is 11.8 Å². The maximum Gasteiger partial charge on any atom is 0.257 e. The van der Waals surface area contributed by atoms with E-state index in [-0.39, 0.29) is 24.9 Å². The lowest BCUT2D eigenvalue weighted by Crippen LogP contribution is -2.60. The molecule has 3 rings (SSSR count). The lowest BCUT2D eigenvalue weighted by Gasteiger charge is -2.38. The smallest absolute Gasteiger partial charge is 0.257 e. The second-order valence-electron chi connectivity index (χ2n) is 10.3. The van der Waals surface area contributed by atoms with E-state index in [0.29, 0.717) is 30.7 Å². The topological polar surface area (TPSA) is 99.2 Å². The minimum Gasteiger partial charge on any atom is -0.508 e. The fourth-order valence-electron chi connectivity index (χ4n) is 4.14. The number of carbonyl (C=O) groups excluding carboxylic acids is 3. The van der Waals surface area contributed by atoms with Gasteiger partial charge in [-0.3, -0.25) is 19.3 Å². The zero-order valence-electron chi connectivity index (χ0n) is 21.1. The van der Waals surface area contributed by atoms with Crippen LogP contribution in [0.25, 0.3) is 0 Å². The van der Waals surface area contributed by atoms with Gasteiger partial charge < -0.3 is 20.1 Å². The van der Waals surface area contributed by atoms with Gasteiger partial charge >= 0.3 is 0 Å². The average Bonchev–Trinajstić information content (AvgIpc) is 3.11. The second kappa shape index (κ2) is 10.8. The van der Waals surface area contributed by atoms with Gasteiger partial charge in [0, 0.05) is 26.8 Å². The highest BCUT2D eigenvalue weighted by Gasteiger charge is 2.45. The Kier molecular flexibility index (Phi) is 8.19. The molecule has 1 aliphatic rings. The van der Waals surface area contributed by atoms with E-state index >= 15 is 0 Å². The van der Waals surface area contributed by atoms with Gasteiger partial charge in [-0.25, -0.2) is 0 Å². The maximum absolute atomic E-state index is 13.9. The van der Waals surface area contributed by atoms with E-state index < -0.39 is 19.5 Å². The molecule has 8 nitrogen and oxygen atoms in total.